The number of nitrogens with zero attached hydrogens (tertiary/aromatic N) is 2. The molecule has 0 aromatic heterocycles. The zero-order valence-electron chi connectivity index (χ0n) is 15.2. The first-order valence-corrected chi connectivity index (χ1v) is 8.95. The minimum atomic E-state index is -0.428. The first kappa shape index (κ1) is 18.5. The Labute approximate surface area is 140 Å². The van der Waals surface area contributed by atoms with Crippen LogP contribution < -0.4 is 10.6 Å². The Morgan fingerprint density at radius 3 is 2.43 bits per heavy atom. The third kappa shape index (κ3) is 7.06. The summed E-state index contributed by atoms with van der Waals surface area (Å²) in [6.07, 6.45) is 2.87. The number of rotatable bonds is 5. The highest BCUT2D eigenvalue weighted by atomic mass is 16.6. The van der Waals surface area contributed by atoms with Crippen LogP contribution in [-0.4, -0.2) is 79.9 Å². The zero-order valence-corrected chi connectivity index (χ0v) is 15.2. The van der Waals surface area contributed by atoms with E-state index in [1.54, 1.807) is 0 Å². The van der Waals surface area contributed by atoms with Gasteiger partial charge in [-0.15, -0.1) is 0 Å². The molecule has 23 heavy (non-hydrogen) atoms. The zero-order chi connectivity index (χ0) is 16.9. The van der Waals surface area contributed by atoms with Crippen LogP contribution in [0.4, 0.5) is 4.79 Å². The highest BCUT2D eigenvalue weighted by Gasteiger charge is 2.27. The summed E-state index contributed by atoms with van der Waals surface area (Å²) in [4.78, 5) is 16.7. The minimum Gasteiger partial charge on any atom is -0.444 e. The molecular weight excluding hydrogens is 292 g/mol. The van der Waals surface area contributed by atoms with Gasteiger partial charge in [0.05, 0.1) is 0 Å². The van der Waals surface area contributed by atoms with Crippen molar-refractivity contribution in [1.82, 2.24) is 20.4 Å². The number of carbonyl (C=O) groups excluding carboxylic acids is 1. The lowest BCUT2D eigenvalue weighted by atomic mass is 10.2. The van der Waals surface area contributed by atoms with Gasteiger partial charge in [0.2, 0.25) is 0 Å². The highest BCUT2D eigenvalue weighted by Crippen LogP contribution is 2.19. The summed E-state index contributed by atoms with van der Waals surface area (Å²) in [7, 11) is 2.19. The van der Waals surface area contributed by atoms with Crippen molar-refractivity contribution >= 4 is 6.09 Å². The van der Waals surface area contributed by atoms with Crippen LogP contribution in [0.2, 0.25) is 0 Å². The van der Waals surface area contributed by atoms with E-state index in [-0.39, 0.29) is 12.1 Å². The molecule has 2 unspecified atom stereocenters. The van der Waals surface area contributed by atoms with E-state index in [0.717, 1.165) is 32.4 Å². The Kier molecular flexibility index (Phi) is 6.68. The Morgan fingerprint density at radius 1 is 1.13 bits per heavy atom. The highest BCUT2D eigenvalue weighted by molar-refractivity contribution is 5.68. The normalized spacial score (nSPS) is 27.1. The predicted molar refractivity (Wildman–Crippen MR) is 92.7 cm³/mol. The van der Waals surface area contributed by atoms with E-state index in [9.17, 15) is 4.79 Å². The molecule has 1 saturated heterocycles. The molecule has 2 aliphatic rings. The Bertz CT molecular complexity index is 375. The third-order valence-electron chi connectivity index (χ3n) is 4.61. The molecule has 0 aromatic rings. The predicted octanol–water partition coefficient (Wildman–Crippen LogP) is 1.27. The molecule has 2 N–H and O–H groups in total. The van der Waals surface area contributed by atoms with Crippen LogP contribution in [0.5, 0.6) is 0 Å². The molecule has 1 heterocycles. The fourth-order valence-corrected chi connectivity index (χ4v) is 3.27. The maximum absolute atomic E-state index is 11.8. The fourth-order valence-electron chi connectivity index (χ4n) is 3.27. The number of alkyl carbamates (subject to hydrolysis) is 1. The van der Waals surface area contributed by atoms with Gasteiger partial charge >= 0.3 is 6.09 Å². The third-order valence-corrected chi connectivity index (χ3v) is 4.61. The van der Waals surface area contributed by atoms with Gasteiger partial charge in [-0.25, -0.2) is 4.79 Å². The molecule has 6 heteroatoms. The summed E-state index contributed by atoms with van der Waals surface area (Å²) < 4.78 is 5.32. The molecule has 0 radical (unpaired) electrons. The Hall–Kier alpha value is -0.850. The number of hydrogen-bond acceptors (Lipinski definition) is 5. The molecule has 1 saturated carbocycles. The van der Waals surface area contributed by atoms with Crippen molar-refractivity contribution in [2.45, 2.75) is 57.7 Å². The van der Waals surface area contributed by atoms with Gasteiger partial charge in [0.1, 0.15) is 5.60 Å². The van der Waals surface area contributed by atoms with E-state index in [0.29, 0.717) is 6.04 Å². The first-order chi connectivity index (χ1) is 10.8. The number of hydrogen-bond donors (Lipinski definition) is 2. The molecule has 2 rings (SSSR count). The van der Waals surface area contributed by atoms with Crippen molar-refractivity contribution in [2.24, 2.45) is 0 Å². The van der Waals surface area contributed by atoms with E-state index in [1.807, 2.05) is 20.8 Å². The topological polar surface area (TPSA) is 56.8 Å². The van der Waals surface area contributed by atoms with Gasteiger partial charge in [0.25, 0.3) is 0 Å². The van der Waals surface area contributed by atoms with Crippen LogP contribution in [0.25, 0.3) is 0 Å². The molecular formula is C17H34N4O2. The summed E-state index contributed by atoms with van der Waals surface area (Å²) in [5.74, 6) is 0. The van der Waals surface area contributed by atoms with Gasteiger partial charge in [0, 0.05) is 51.4 Å². The van der Waals surface area contributed by atoms with Crippen molar-refractivity contribution < 1.29 is 9.53 Å². The van der Waals surface area contributed by atoms with Gasteiger partial charge in [-0.2, -0.15) is 0 Å². The Morgan fingerprint density at radius 2 is 1.78 bits per heavy atom. The SMILES string of the molecule is CN1CCN(CCNC2CCC(NC(=O)OC(C)(C)C)C2)CC1. The lowest BCUT2D eigenvalue weighted by molar-refractivity contribution is 0.0505. The second-order valence-corrected chi connectivity index (χ2v) is 7.95. The molecule has 134 valence electrons. The Balaban J connectivity index is 1.57. The maximum Gasteiger partial charge on any atom is 0.407 e. The molecule has 1 aliphatic carbocycles. The van der Waals surface area contributed by atoms with E-state index < -0.39 is 5.60 Å². The molecule has 2 fully saturated rings. The van der Waals surface area contributed by atoms with Gasteiger partial charge in [-0.3, -0.25) is 4.90 Å². The molecule has 0 bridgehead atoms. The molecule has 1 aliphatic heterocycles. The van der Waals surface area contributed by atoms with Gasteiger partial charge in [0.15, 0.2) is 0 Å². The van der Waals surface area contributed by atoms with Crippen LogP contribution in [0.15, 0.2) is 0 Å². The summed E-state index contributed by atoms with van der Waals surface area (Å²) in [5, 5.41) is 6.64. The molecule has 1 amide bonds. The first-order valence-electron chi connectivity index (χ1n) is 8.95. The number of ether oxygens (including phenoxy) is 1. The molecule has 2 atom stereocenters. The van der Waals surface area contributed by atoms with Crippen molar-refractivity contribution in [3.63, 3.8) is 0 Å². The molecule has 0 spiro atoms. The smallest absolute Gasteiger partial charge is 0.407 e. The van der Waals surface area contributed by atoms with Gasteiger partial charge in [-0.1, -0.05) is 0 Å². The van der Waals surface area contributed by atoms with Crippen molar-refractivity contribution in [3.8, 4) is 0 Å². The number of piperazine rings is 1. The van der Waals surface area contributed by atoms with Crippen LogP contribution in [0.3, 0.4) is 0 Å². The van der Waals surface area contributed by atoms with Crippen molar-refractivity contribution in [1.29, 1.82) is 0 Å². The average molecular weight is 326 g/mol. The molecule has 6 nitrogen and oxygen atoms in total. The number of nitrogens with one attached hydrogen (secondary N) is 2. The van der Waals surface area contributed by atoms with E-state index in [4.69, 9.17) is 4.74 Å². The van der Waals surface area contributed by atoms with Gasteiger partial charge < -0.3 is 20.3 Å². The van der Waals surface area contributed by atoms with Crippen LogP contribution in [0.1, 0.15) is 40.0 Å². The summed E-state index contributed by atoms with van der Waals surface area (Å²) >= 11 is 0. The van der Waals surface area contributed by atoms with Crippen LogP contribution >= 0.6 is 0 Å². The summed E-state index contributed by atoms with van der Waals surface area (Å²) in [5.41, 5.74) is -0.428. The largest absolute Gasteiger partial charge is 0.444 e. The summed E-state index contributed by atoms with van der Waals surface area (Å²) in [6.45, 7) is 12.5. The lowest BCUT2D eigenvalue weighted by Gasteiger charge is -2.32. The average Bonchev–Trinajstić information content (AvgIpc) is 2.86. The van der Waals surface area contributed by atoms with Gasteiger partial charge in [-0.05, 0) is 47.1 Å². The number of likely N-dealkylation sites (N-methyl/N-ethyl adjacent to an activating group) is 1. The van der Waals surface area contributed by atoms with Crippen molar-refractivity contribution in [2.75, 3.05) is 46.3 Å². The quantitative estimate of drug-likeness (QED) is 0.797. The number of amides is 1. The molecule has 0 aromatic carbocycles. The van der Waals surface area contributed by atoms with E-state index >= 15 is 0 Å². The van der Waals surface area contributed by atoms with E-state index in [1.165, 1.54) is 26.2 Å². The standard InChI is InChI=1S/C17H34N4O2/c1-17(2,3)23-16(22)19-15-6-5-14(13-15)18-7-8-21-11-9-20(4)10-12-21/h14-15,18H,5-13H2,1-4H3,(H,19,22). The minimum absolute atomic E-state index is 0.242. The van der Waals surface area contributed by atoms with Crippen LogP contribution in [-0.2, 0) is 4.74 Å². The second kappa shape index (κ2) is 8.31. The fraction of sp³-hybridized carbons (Fsp3) is 0.941. The van der Waals surface area contributed by atoms with E-state index in [2.05, 4.69) is 27.5 Å². The van der Waals surface area contributed by atoms with Crippen LogP contribution in [0, 0.1) is 0 Å². The summed E-state index contributed by atoms with van der Waals surface area (Å²) in [6, 6.07) is 0.758. The monoisotopic (exact) mass is 326 g/mol. The lowest BCUT2D eigenvalue weighted by Crippen LogP contribution is -2.47. The van der Waals surface area contributed by atoms with Crippen molar-refractivity contribution in [3.05, 3.63) is 0 Å². The second-order valence-electron chi connectivity index (χ2n) is 7.95. The maximum atomic E-state index is 11.8. The number of carbonyl (C=O) groups is 1.